The van der Waals surface area contributed by atoms with Crippen molar-refractivity contribution in [3.05, 3.63) is 0 Å². The van der Waals surface area contributed by atoms with Crippen LogP contribution >= 0.6 is 0 Å². The summed E-state index contributed by atoms with van der Waals surface area (Å²) in [6, 6.07) is 0.875. The lowest BCUT2D eigenvalue weighted by Gasteiger charge is -2.50. The molecular weight excluding hydrogens is 192 g/mol. The van der Waals surface area contributed by atoms with Crippen molar-refractivity contribution in [2.45, 2.75) is 51.3 Å². The summed E-state index contributed by atoms with van der Waals surface area (Å²) in [6.07, 6.45) is 2.10. The van der Waals surface area contributed by atoms with Crippen molar-refractivity contribution in [1.29, 1.82) is 0 Å². The molecular formula is C11H20N2O2. The van der Waals surface area contributed by atoms with Crippen molar-refractivity contribution in [2.24, 2.45) is 0 Å². The fourth-order valence-corrected chi connectivity index (χ4v) is 2.23. The fourth-order valence-electron chi connectivity index (χ4n) is 2.23. The standard InChI is InChI=1S/C11H20N2O2/c1-11(2,3)15-10(14)13-7-8-9(13)5-4-6-12-8/h8-9,12H,4-7H2,1-3H3/t8-,9+/m0/s1. The molecule has 4 nitrogen and oxygen atoms in total. The fraction of sp³-hybridized carbons (Fsp3) is 0.909. The molecule has 2 atom stereocenters. The maximum absolute atomic E-state index is 11.8. The highest BCUT2D eigenvalue weighted by atomic mass is 16.6. The Balaban J connectivity index is 1.88. The van der Waals surface area contributed by atoms with Crippen LogP contribution in [0.15, 0.2) is 0 Å². The van der Waals surface area contributed by atoms with Gasteiger partial charge in [0.25, 0.3) is 0 Å². The van der Waals surface area contributed by atoms with Crippen LogP contribution in [0.1, 0.15) is 33.6 Å². The Morgan fingerprint density at radius 2 is 2.20 bits per heavy atom. The molecule has 0 radical (unpaired) electrons. The molecule has 1 N–H and O–H groups in total. The van der Waals surface area contributed by atoms with Gasteiger partial charge in [-0.15, -0.1) is 0 Å². The van der Waals surface area contributed by atoms with E-state index in [2.05, 4.69) is 5.32 Å². The van der Waals surface area contributed by atoms with E-state index in [0.717, 1.165) is 25.9 Å². The van der Waals surface area contributed by atoms with Crippen LogP contribution in [0.25, 0.3) is 0 Å². The summed E-state index contributed by atoms with van der Waals surface area (Å²) in [5, 5.41) is 3.42. The minimum absolute atomic E-state index is 0.160. The highest BCUT2D eigenvalue weighted by molar-refractivity contribution is 5.70. The number of nitrogens with one attached hydrogen (secondary N) is 1. The Kier molecular flexibility index (Phi) is 2.63. The van der Waals surface area contributed by atoms with E-state index >= 15 is 0 Å². The van der Waals surface area contributed by atoms with Gasteiger partial charge in [-0.05, 0) is 40.2 Å². The molecule has 2 saturated heterocycles. The summed E-state index contributed by atoms with van der Waals surface area (Å²) in [5.41, 5.74) is -0.385. The van der Waals surface area contributed by atoms with E-state index < -0.39 is 0 Å². The minimum atomic E-state index is -0.385. The number of nitrogens with zero attached hydrogens (tertiary/aromatic N) is 1. The van der Waals surface area contributed by atoms with Gasteiger partial charge < -0.3 is 15.0 Å². The maximum Gasteiger partial charge on any atom is 0.410 e. The highest BCUT2D eigenvalue weighted by Crippen LogP contribution is 2.27. The molecule has 0 aromatic heterocycles. The van der Waals surface area contributed by atoms with E-state index in [1.807, 2.05) is 25.7 Å². The Labute approximate surface area is 91.0 Å². The van der Waals surface area contributed by atoms with Crippen molar-refractivity contribution < 1.29 is 9.53 Å². The molecule has 2 rings (SSSR count). The molecule has 2 aliphatic heterocycles. The number of amides is 1. The lowest BCUT2D eigenvalue weighted by molar-refractivity contribution is -0.0268. The molecule has 0 aromatic rings. The molecule has 2 aliphatic rings. The van der Waals surface area contributed by atoms with Crippen molar-refractivity contribution in [3.8, 4) is 0 Å². The topological polar surface area (TPSA) is 41.6 Å². The smallest absolute Gasteiger partial charge is 0.410 e. The third-order valence-corrected chi connectivity index (χ3v) is 2.97. The SMILES string of the molecule is CC(C)(C)OC(=O)N1C[C@@H]2NCCC[C@H]21. The second kappa shape index (κ2) is 3.67. The van der Waals surface area contributed by atoms with Crippen LogP contribution in [0.2, 0.25) is 0 Å². The number of rotatable bonds is 0. The Morgan fingerprint density at radius 3 is 2.80 bits per heavy atom. The molecule has 86 valence electrons. The van der Waals surface area contributed by atoms with Crippen LogP contribution in [0.4, 0.5) is 4.79 Å². The van der Waals surface area contributed by atoms with Crippen LogP contribution in [0, 0.1) is 0 Å². The Bertz CT molecular complexity index is 260. The van der Waals surface area contributed by atoms with E-state index in [-0.39, 0.29) is 11.7 Å². The second-order valence-corrected chi connectivity index (χ2v) is 5.40. The van der Waals surface area contributed by atoms with Crippen LogP contribution in [-0.4, -0.2) is 41.8 Å². The normalized spacial score (nSPS) is 30.5. The molecule has 2 heterocycles. The number of carbonyl (C=O) groups is 1. The molecule has 0 aliphatic carbocycles. The zero-order chi connectivity index (χ0) is 11.1. The first-order valence-corrected chi connectivity index (χ1v) is 5.70. The molecule has 2 fully saturated rings. The summed E-state index contributed by atoms with van der Waals surface area (Å²) < 4.78 is 5.35. The van der Waals surface area contributed by atoms with E-state index in [0.29, 0.717) is 12.1 Å². The van der Waals surface area contributed by atoms with Gasteiger partial charge in [0, 0.05) is 12.6 Å². The molecule has 0 unspecified atom stereocenters. The average molecular weight is 212 g/mol. The lowest BCUT2D eigenvalue weighted by Crippen LogP contribution is -2.69. The minimum Gasteiger partial charge on any atom is -0.444 e. The molecule has 4 heteroatoms. The lowest BCUT2D eigenvalue weighted by atomic mass is 9.89. The van der Waals surface area contributed by atoms with E-state index in [1.165, 1.54) is 0 Å². The number of carbonyl (C=O) groups excluding carboxylic acids is 1. The molecule has 15 heavy (non-hydrogen) atoms. The number of hydrogen-bond donors (Lipinski definition) is 1. The van der Waals surface area contributed by atoms with Crippen LogP contribution in [-0.2, 0) is 4.74 Å². The van der Waals surface area contributed by atoms with E-state index in [1.54, 1.807) is 0 Å². The predicted molar refractivity (Wildman–Crippen MR) is 57.8 cm³/mol. The zero-order valence-electron chi connectivity index (χ0n) is 9.75. The van der Waals surface area contributed by atoms with Crippen molar-refractivity contribution in [3.63, 3.8) is 0 Å². The first kappa shape index (κ1) is 10.7. The quantitative estimate of drug-likeness (QED) is 0.659. The van der Waals surface area contributed by atoms with Gasteiger partial charge in [0.15, 0.2) is 0 Å². The molecule has 0 bridgehead atoms. The third kappa shape index (κ3) is 2.25. The molecule has 1 amide bonds. The van der Waals surface area contributed by atoms with Gasteiger partial charge in [0.05, 0.1) is 6.04 Å². The second-order valence-electron chi connectivity index (χ2n) is 5.40. The molecule has 0 aromatic carbocycles. The summed E-state index contributed by atoms with van der Waals surface area (Å²) in [5.74, 6) is 0. The number of likely N-dealkylation sites (tertiary alicyclic amines) is 1. The van der Waals surface area contributed by atoms with Crippen molar-refractivity contribution in [1.82, 2.24) is 10.2 Å². The third-order valence-electron chi connectivity index (χ3n) is 2.97. The largest absolute Gasteiger partial charge is 0.444 e. The van der Waals surface area contributed by atoms with Gasteiger partial charge >= 0.3 is 6.09 Å². The Morgan fingerprint density at radius 1 is 1.47 bits per heavy atom. The molecule has 0 saturated carbocycles. The van der Waals surface area contributed by atoms with Crippen molar-refractivity contribution >= 4 is 6.09 Å². The highest BCUT2D eigenvalue weighted by Gasteiger charge is 2.44. The number of hydrogen-bond acceptors (Lipinski definition) is 3. The van der Waals surface area contributed by atoms with Crippen LogP contribution in [0.3, 0.4) is 0 Å². The van der Waals surface area contributed by atoms with E-state index in [9.17, 15) is 4.79 Å². The van der Waals surface area contributed by atoms with Gasteiger partial charge in [0.2, 0.25) is 0 Å². The summed E-state index contributed by atoms with van der Waals surface area (Å²) in [7, 11) is 0. The van der Waals surface area contributed by atoms with Crippen LogP contribution < -0.4 is 5.32 Å². The summed E-state index contributed by atoms with van der Waals surface area (Å²) >= 11 is 0. The Hall–Kier alpha value is -0.770. The van der Waals surface area contributed by atoms with Gasteiger partial charge in [-0.2, -0.15) is 0 Å². The first-order chi connectivity index (χ1) is 6.97. The van der Waals surface area contributed by atoms with Gasteiger partial charge in [-0.1, -0.05) is 0 Å². The summed E-state index contributed by atoms with van der Waals surface area (Å²) in [6.45, 7) is 7.60. The molecule has 0 spiro atoms. The monoisotopic (exact) mass is 212 g/mol. The van der Waals surface area contributed by atoms with Crippen LogP contribution in [0.5, 0.6) is 0 Å². The maximum atomic E-state index is 11.8. The number of piperidine rings is 1. The average Bonchev–Trinajstić information content (AvgIpc) is 2.03. The first-order valence-electron chi connectivity index (χ1n) is 5.70. The van der Waals surface area contributed by atoms with E-state index in [4.69, 9.17) is 4.74 Å². The van der Waals surface area contributed by atoms with Gasteiger partial charge in [-0.25, -0.2) is 4.79 Å². The van der Waals surface area contributed by atoms with Gasteiger partial charge in [0.1, 0.15) is 5.60 Å². The van der Waals surface area contributed by atoms with Gasteiger partial charge in [-0.3, -0.25) is 0 Å². The summed E-state index contributed by atoms with van der Waals surface area (Å²) in [4.78, 5) is 13.6. The number of ether oxygens (including phenoxy) is 1. The predicted octanol–water partition coefficient (Wildman–Crippen LogP) is 1.36. The van der Waals surface area contributed by atoms with Crippen molar-refractivity contribution in [2.75, 3.05) is 13.1 Å². The number of fused-ring (bicyclic) bond motifs is 1. The zero-order valence-corrected chi connectivity index (χ0v) is 9.75.